The third-order valence-corrected chi connectivity index (χ3v) is 1.61. The van der Waals surface area contributed by atoms with Crippen LogP contribution in [0.1, 0.15) is 13.8 Å². The lowest BCUT2D eigenvalue weighted by atomic mass is 10.1. The minimum atomic E-state index is -0.622. The van der Waals surface area contributed by atoms with Gasteiger partial charge in [-0.1, -0.05) is 5.18 Å². The first-order valence-electron chi connectivity index (χ1n) is 2.59. The Labute approximate surface area is 64.5 Å². The van der Waals surface area contributed by atoms with E-state index in [0.29, 0.717) is 0 Å². The quantitative estimate of drug-likeness (QED) is 0.472. The van der Waals surface area contributed by atoms with Gasteiger partial charge in [0, 0.05) is 5.88 Å². The molecule has 54 valence electrons. The fraction of sp³-hybridized carbons (Fsp3) is 1.00. The van der Waals surface area contributed by atoms with Gasteiger partial charge in [0.05, 0.1) is 4.87 Å². The molecule has 2 nitrogen and oxygen atoms in total. The highest BCUT2D eigenvalue weighted by molar-refractivity contribution is 6.25. The van der Waals surface area contributed by atoms with Crippen LogP contribution in [0.2, 0.25) is 0 Å². The summed E-state index contributed by atoms with van der Waals surface area (Å²) in [5.74, 6) is 0.181. The molecular formula is C5H9Cl2NO. The van der Waals surface area contributed by atoms with Crippen molar-refractivity contribution in [2.45, 2.75) is 24.8 Å². The lowest BCUT2D eigenvalue weighted by Gasteiger charge is -2.18. The standard InChI is InChI=1S/C5H9Cl2NO/c1-5(2,7)4(3-6)8-9/h4H,3H2,1-2H3. The van der Waals surface area contributed by atoms with Crippen LogP contribution in [0.5, 0.6) is 0 Å². The Balaban J connectivity index is 3.94. The minimum Gasteiger partial charge on any atom is -0.150 e. The Hall–Kier alpha value is 0.180. The third-order valence-electron chi connectivity index (χ3n) is 1.07. The molecule has 0 radical (unpaired) electrons. The van der Waals surface area contributed by atoms with Crippen LogP contribution in [-0.4, -0.2) is 16.8 Å². The van der Waals surface area contributed by atoms with E-state index in [1.54, 1.807) is 13.8 Å². The van der Waals surface area contributed by atoms with E-state index in [4.69, 9.17) is 23.2 Å². The van der Waals surface area contributed by atoms with E-state index in [2.05, 4.69) is 5.18 Å². The molecule has 1 atom stereocenters. The molecule has 4 heteroatoms. The zero-order valence-corrected chi connectivity index (χ0v) is 6.91. The summed E-state index contributed by atoms with van der Waals surface area (Å²) in [4.78, 5) is 9.34. The van der Waals surface area contributed by atoms with Gasteiger partial charge in [-0.2, -0.15) is 4.91 Å². The molecule has 0 aliphatic rings. The van der Waals surface area contributed by atoms with Crippen molar-refractivity contribution in [3.8, 4) is 0 Å². The average Bonchev–Trinajstić information content (AvgIpc) is 1.65. The highest BCUT2D eigenvalue weighted by atomic mass is 35.5. The van der Waals surface area contributed by atoms with Crippen molar-refractivity contribution in [1.29, 1.82) is 0 Å². The van der Waals surface area contributed by atoms with E-state index in [-0.39, 0.29) is 5.88 Å². The summed E-state index contributed by atoms with van der Waals surface area (Å²) in [5.41, 5.74) is 0. The highest BCUT2D eigenvalue weighted by Gasteiger charge is 2.26. The monoisotopic (exact) mass is 169 g/mol. The minimum absolute atomic E-state index is 0.181. The van der Waals surface area contributed by atoms with Crippen LogP contribution in [0.3, 0.4) is 0 Å². The maximum atomic E-state index is 9.96. The second kappa shape index (κ2) is 3.37. The van der Waals surface area contributed by atoms with Crippen LogP contribution in [0.15, 0.2) is 5.18 Å². The maximum absolute atomic E-state index is 9.96. The molecule has 0 aliphatic heterocycles. The molecule has 0 N–H and O–H groups in total. The Morgan fingerprint density at radius 2 is 2.11 bits per heavy atom. The van der Waals surface area contributed by atoms with E-state index >= 15 is 0 Å². The van der Waals surface area contributed by atoms with E-state index in [0.717, 1.165) is 0 Å². The topological polar surface area (TPSA) is 29.4 Å². The molecule has 1 unspecified atom stereocenters. The van der Waals surface area contributed by atoms with Crippen LogP contribution < -0.4 is 0 Å². The number of hydrogen-bond acceptors (Lipinski definition) is 2. The Kier molecular flexibility index (Phi) is 3.44. The van der Waals surface area contributed by atoms with Crippen molar-refractivity contribution in [2.24, 2.45) is 5.18 Å². The number of rotatable bonds is 3. The molecule has 9 heavy (non-hydrogen) atoms. The first kappa shape index (κ1) is 9.18. The van der Waals surface area contributed by atoms with Crippen molar-refractivity contribution in [2.75, 3.05) is 5.88 Å². The van der Waals surface area contributed by atoms with Gasteiger partial charge in [0.2, 0.25) is 0 Å². The van der Waals surface area contributed by atoms with E-state index in [1.165, 1.54) is 0 Å². The molecule has 0 bridgehead atoms. The van der Waals surface area contributed by atoms with Crippen LogP contribution >= 0.6 is 23.2 Å². The zero-order valence-electron chi connectivity index (χ0n) is 5.40. The van der Waals surface area contributed by atoms with Crippen molar-refractivity contribution < 1.29 is 0 Å². The van der Waals surface area contributed by atoms with Gasteiger partial charge in [-0.15, -0.1) is 23.2 Å². The van der Waals surface area contributed by atoms with Gasteiger partial charge in [-0.25, -0.2) is 0 Å². The Morgan fingerprint density at radius 3 is 2.11 bits per heavy atom. The molecule has 0 fully saturated rings. The highest BCUT2D eigenvalue weighted by Crippen LogP contribution is 2.21. The fourth-order valence-electron chi connectivity index (χ4n) is 0.337. The maximum Gasteiger partial charge on any atom is 0.124 e. The molecule has 0 heterocycles. The van der Waals surface area contributed by atoms with Crippen LogP contribution in [0.25, 0.3) is 0 Å². The first-order chi connectivity index (χ1) is 4.02. The molecular weight excluding hydrogens is 161 g/mol. The second-order valence-electron chi connectivity index (χ2n) is 2.34. The third kappa shape index (κ3) is 3.01. The van der Waals surface area contributed by atoms with Crippen molar-refractivity contribution in [3.63, 3.8) is 0 Å². The molecule has 0 aliphatic carbocycles. The number of halogens is 2. The number of hydrogen-bond donors (Lipinski definition) is 0. The Morgan fingerprint density at radius 1 is 1.67 bits per heavy atom. The van der Waals surface area contributed by atoms with Gasteiger partial charge < -0.3 is 0 Å². The second-order valence-corrected chi connectivity index (χ2v) is 3.62. The molecule has 0 spiro atoms. The van der Waals surface area contributed by atoms with E-state index < -0.39 is 10.9 Å². The molecule has 0 rings (SSSR count). The van der Waals surface area contributed by atoms with Crippen molar-refractivity contribution in [1.82, 2.24) is 0 Å². The summed E-state index contributed by atoms with van der Waals surface area (Å²) in [6.45, 7) is 3.42. The largest absolute Gasteiger partial charge is 0.150 e. The summed E-state index contributed by atoms with van der Waals surface area (Å²) in [7, 11) is 0. The summed E-state index contributed by atoms with van der Waals surface area (Å²) >= 11 is 11.1. The Bertz CT molecular complexity index is 99.6. The van der Waals surface area contributed by atoms with Crippen LogP contribution in [-0.2, 0) is 0 Å². The molecule has 0 saturated carbocycles. The average molecular weight is 170 g/mol. The normalized spacial score (nSPS) is 15.1. The smallest absolute Gasteiger partial charge is 0.124 e. The van der Waals surface area contributed by atoms with Gasteiger partial charge in [-0.05, 0) is 13.8 Å². The van der Waals surface area contributed by atoms with Gasteiger partial charge in [0.15, 0.2) is 0 Å². The van der Waals surface area contributed by atoms with Gasteiger partial charge in [0.25, 0.3) is 0 Å². The lowest BCUT2D eigenvalue weighted by molar-refractivity contribution is 0.570. The van der Waals surface area contributed by atoms with E-state index in [9.17, 15) is 4.91 Å². The summed E-state index contributed by atoms with van der Waals surface area (Å²) in [6, 6.07) is -0.499. The number of nitroso groups, excluding NO2 is 1. The van der Waals surface area contributed by atoms with Crippen molar-refractivity contribution in [3.05, 3.63) is 4.91 Å². The molecule has 0 aromatic heterocycles. The summed E-state index contributed by atoms with van der Waals surface area (Å²) in [6.07, 6.45) is 0. The number of alkyl halides is 2. The van der Waals surface area contributed by atoms with Gasteiger partial charge in [-0.3, -0.25) is 0 Å². The predicted molar refractivity (Wildman–Crippen MR) is 40.2 cm³/mol. The summed E-state index contributed by atoms with van der Waals surface area (Å²) < 4.78 is 0. The van der Waals surface area contributed by atoms with Gasteiger partial charge in [0.1, 0.15) is 6.04 Å². The van der Waals surface area contributed by atoms with E-state index in [1.807, 2.05) is 0 Å². The molecule has 0 amide bonds. The summed E-state index contributed by atoms with van der Waals surface area (Å²) in [5, 5.41) is 2.76. The van der Waals surface area contributed by atoms with Crippen molar-refractivity contribution >= 4 is 23.2 Å². The van der Waals surface area contributed by atoms with Crippen LogP contribution in [0.4, 0.5) is 0 Å². The fourth-order valence-corrected chi connectivity index (χ4v) is 0.975. The molecule has 0 aromatic rings. The zero-order chi connectivity index (χ0) is 7.49. The van der Waals surface area contributed by atoms with Crippen LogP contribution in [0, 0.1) is 4.91 Å². The predicted octanol–water partition coefficient (Wildman–Crippen LogP) is 2.38. The first-order valence-corrected chi connectivity index (χ1v) is 3.51. The molecule has 0 saturated heterocycles. The molecule has 0 aromatic carbocycles. The SMILES string of the molecule is CC(C)(Cl)C(CCl)N=O. The number of nitrogens with zero attached hydrogens (tertiary/aromatic N) is 1. The van der Waals surface area contributed by atoms with Gasteiger partial charge >= 0.3 is 0 Å². The lowest BCUT2D eigenvalue weighted by Crippen LogP contribution is -2.29.